The minimum absolute atomic E-state index is 0.107. The third kappa shape index (κ3) is 3.66. The van der Waals surface area contributed by atoms with Crippen molar-refractivity contribution in [3.05, 3.63) is 18.7 Å². The van der Waals surface area contributed by atoms with E-state index < -0.39 is 8.80 Å². The molecule has 6 heteroatoms. The lowest BCUT2D eigenvalue weighted by molar-refractivity contribution is -0.710. The van der Waals surface area contributed by atoms with Gasteiger partial charge in [-0.2, -0.15) is 0 Å². The Hall–Kier alpha value is -0.693. The first-order valence-corrected chi connectivity index (χ1v) is 8.69. The molecule has 19 heavy (non-hydrogen) atoms. The summed E-state index contributed by atoms with van der Waals surface area (Å²) in [4.78, 5) is 0. The van der Waals surface area contributed by atoms with Gasteiger partial charge in [0.2, 0.25) is 6.33 Å². The Kier molecular flexibility index (Phi) is 6.71. The van der Waals surface area contributed by atoms with Gasteiger partial charge in [-0.25, -0.2) is 9.13 Å². The standard InChI is InChI=1S/C13H27N2O3Si/c1-6-8-9-14-10-11-15(12-14)13(7-2)19(16-3,17-4)18-5/h10-13H,6-9H2,1-5H3/q+1. The normalized spacial score (nSPS) is 13.7. The molecule has 1 atom stereocenters. The molecular formula is C13H27N2O3Si+. The minimum Gasteiger partial charge on any atom is -0.374 e. The maximum absolute atomic E-state index is 5.60. The molecule has 0 aliphatic heterocycles. The molecule has 1 rings (SSSR count). The van der Waals surface area contributed by atoms with Crippen molar-refractivity contribution in [2.75, 3.05) is 21.3 Å². The zero-order chi connectivity index (χ0) is 14.3. The molecule has 0 bridgehead atoms. The van der Waals surface area contributed by atoms with Crippen LogP contribution >= 0.6 is 0 Å². The molecule has 5 nitrogen and oxygen atoms in total. The predicted molar refractivity (Wildman–Crippen MR) is 75.6 cm³/mol. The van der Waals surface area contributed by atoms with E-state index in [9.17, 15) is 0 Å². The van der Waals surface area contributed by atoms with Gasteiger partial charge in [-0.15, -0.1) is 0 Å². The summed E-state index contributed by atoms with van der Waals surface area (Å²) in [5, 5.41) is 0. The molecule has 0 spiro atoms. The van der Waals surface area contributed by atoms with Crippen molar-refractivity contribution < 1.29 is 17.8 Å². The van der Waals surface area contributed by atoms with Gasteiger partial charge in [0.1, 0.15) is 12.4 Å². The zero-order valence-corrected chi connectivity index (χ0v) is 13.8. The van der Waals surface area contributed by atoms with Crippen molar-refractivity contribution >= 4 is 8.80 Å². The van der Waals surface area contributed by atoms with Crippen LogP contribution in [0.3, 0.4) is 0 Å². The van der Waals surface area contributed by atoms with Gasteiger partial charge in [0.05, 0.1) is 6.54 Å². The van der Waals surface area contributed by atoms with E-state index >= 15 is 0 Å². The summed E-state index contributed by atoms with van der Waals surface area (Å²) < 4.78 is 21.1. The molecule has 0 radical (unpaired) electrons. The van der Waals surface area contributed by atoms with Crippen LogP contribution in [0.4, 0.5) is 0 Å². The van der Waals surface area contributed by atoms with Crippen LogP contribution in [0, 0.1) is 0 Å². The fourth-order valence-corrected chi connectivity index (χ4v) is 4.70. The molecule has 1 unspecified atom stereocenters. The van der Waals surface area contributed by atoms with Crippen LogP contribution in [-0.4, -0.2) is 34.7 Å². The lowest BCUT2D eigenvalue weighted by Crippen LogP contribution is -2.60. The van der Waals surface area contributed by atoms with E-state index in [-0.39, 0.29) is 5.67 Å². The van der Waals surface area contributed by atoms with Gasteiger partial charge in [-0.1, -0.05) is 20.3 Å². The molecule has 0 saturated heterocycles. The number of aromatic nitrogens is 2. The Labute approximate surface area is 117 Å². The predicted octanol–water partition coefficient (Wildman–Crippen LogP) is 1.94. The minimum atomic E-state index is -2.66. The maximum Gasteiger partial charge on any atom is 0.547 e. The highest BCUT2D eigenvalue weighted by molar-refractivity contribution is 6.60. The fraction of sp³-hybridized carbons (Fsp3) is 0.769. The SMILES string of the molecule is CCCCn1cc[n+](C(CC)[Si](OC)(OC)OC)c1. The summed E-state index contributed by atoms with van der Waals surface area (Å²) >= 11 is 0. The monoisotopic (exact) mass is 287 g/mol. The molecule has 0 saturated carbocycles. The highest BCUT2D eigenvalue weighted by Gasteiger charge is 2.50. The van der Waals surface area contributed by atoms with Crippen molar-refractivity contribution in [3.8, 4) is 0 Å². The van der Waals surface area contributed by atoms with E-state index in [1.54, 1.807) is 21.3 Å². The number of imidazole rings is 1. The summed E-state index contributed by atoms with van der Waals surface area (Å²) in [7, 11) is 2.33. The molecule has 0 amide bonds. The van der Waals surface area contributed by atoms with E-state index in [0.29, 0.717) is 0 Å². The van der Waals surface area contributed by atoms with E-state index in [2.05, 4.69) is 41.7 Å². The average Bonchev–Trinajstić information content (AvgIpc) is 2.91. The van der Waals surface area contributed by atoms with Gasteiger partial charge in [0.25, 0.3) is 0 Å². The lowest BCUT2D eigenvalue weighted by Gasteiger charge is -2.29. The Morgan fingerprint density at radius 3 is 2.26 bits per heavy atom. The summed E-state index contributed by atoms with van der Waals surface area (Å²) in [6, 6.07) is 0. The molecule has 0 fully saturated rings. The molecule has 0 aliphatic rings. The first-order valence-electron chi connectivity index (χ1n) is 6.89. The van der Waals surface area contributed by atoms with Gasteiger partial charge in [0, 0.05) is 21.3 Å². The highest BCUT2D eigenvalue weighted by Crippen LogP contribution is 2.21. The quantitative estimate of drug-likeness (QED) is 0.514. The number of hydrogen-bond donors (Lipinski definition) is 0. The number of hydrogen-bond acceptors (Lipinski definition) is 3. The topological polar surface area (TPSA) is 36.5 Å². The Bertz CT molecular complexity index is 358. The average molecular weight is 287 g/mol. The second kappa shape index (κ2) is 7.79. The second-order valence-electron chi connectivity index (χ2n) is 4.59. The zero-order valence-electron chi connectivity index (χ0n) is 12.8. The summed E-state index contributed by atoms with van der Waals surface area (Å²) in [5.74, 6) is 0. The number of aryl methyl sites for hydroxylation is 1. The third-order valence-corrected chi connectivity index (χ3v) is 6.72. The van der Waals surface area contributed by atoms with E-state index in [1.165, 1.54) is 12.8 Å². The molecular weight excluding hydrogens is 260 g/mol. The van der Waals surface area contributed by atoms with Crippen LogP contribution < -0.4 is 4.57 Å². The van der Waals surface area contributed by atoms with Gasteiger partial charge < -0.3 is 13.3 Å². The summed E-state index contributed by atoms with van der Waals surface area (Å²) in [6.45, 7) is 5.37. The van der Waals surface area contributed by atoms with E-state index in [0.717, 1.165) is 13.0 Å². The van der Waals surface area contributed by atoms with Crippen molar-refractivity contribution in [1.29, 1.82) is 0 Å². The van der Waals surface area contributed by atoms with Crippen molar-refractivity contribution in [2.24, 2.45) is 0 Å². The smallest absolute Gasteiger partial charge is 0.374 e. The van der Waals surface area contributed by atoms with E-state index in [1.807, 2.05) is 0 Å². The molecule has 0 aromatic carbocycles. The number of rotatable bonds is 9. The molecule has 0 aliphatic carbocycles. The van der Waals surface area contributed by atoms with Gasteiger partial charge in [-0.3, -0.25) is 0 Å². The van der Waals surface area contributed by atoms with Crippen LogP contribution in [-0.2, 0) is 19.8 Å². The first-order chi connectivity index (χ1) is 9.17. The number of unbranched alkanes of at least 4 members (excludes halogenated alkanes) is 1. The Morgan fingerprint density at radius 2 is 1.79 bits per heavy atom. The molecule has 1 aromatic rings. The summed E-state index contributed by atoms with van der Waals surface area (Å²) in [6.07, 6.45) is 9.57. The lowest BCUT2D eigenvalue weighted by atomic mass is 10.3. The molecule has 0 N–H and O–H groups in total. The van der Waals surface area contributed by atoms with Crippen LogP contribution in [0.1, 0.15) is 38.8 Å². The largest absolute Gasteiger partial charge is 0.547 e. The van der Waals surface area contributed by atoms with Crippen molar-refractivity contribution in [3.63, 3.8) is 0 Å². The second-order valence-corrected chi connectivity index (χ2v) is 7.69. The van der Waals surface area contributed by atoms with Crippen LogP contribution in [0.2, 0.25) is 0 Å². The molecule has 110 valence electrons. The highest BCUT2D eigenvalue weighted by atomic mass is 28.4. The maximum atomic E-state index is 5.60. The summed E-state index contributed by atoms with van der Waals surface area (Å²) in [5.41, 5.74) is 0.107. The Morgan fingerprint density at radius 1 is 1.16 bits per heavy atom. The third-order valence-electron chi connectivity index (χ3n) is 3.49. The first kappa shape index (κ1) is 16.4. The van der Waals surface area contributed by atoms with Crippen molar-refractivity contribution in [2.45, 2.75) is 45.3 Å². The Balaban J connectivity index is 2.92. The van der Waals surface area contributed by atoms with Crippen LogP contribution in [0.15, 0.2) is 18.7 Å². The molecule has 1 heterocycles. The van der Waals surface area contributed by atoms with Gasteiger partial charge in [-0.05, 0) is 12.8 Å². The van der Waals surface area contributed by atoms with Crippen LogP contribution in [0.25, 0.3) is 0 Å². The number of nitrogens with zero attached hydrogens (tertiary/aromatic N) is 2. The fourth-order valence-electron chi connectivity index (χ4n) is 2.37. The van der Waals surface area contributed by atoms with E-state index in [4.69, 9.17) is 13.3 Å². The van der Waals surface area contributed by atoms with Gasteiger partial charge >= 0.3 is 8.80 Å². The van der Waals surface area contributed by atoms with Gasteiger partial charge in [0.15, 0.2) is 5.67 Å². The van der Waals surface area contributed by atoms with Crippen LogP contribution in [0.5, 0.6) is 0 Å². The molecule has 1 aromatic heterocycles. The van der Waals surface area contributed by atoms with Crippen molar-refractivity contribution in [1.82, 2.24) is 4.57 Å².